The van der Waals surface area contributed by atoms with Gasteiger partial charge in [-0.3, -0.25) is 0 Å². The van der Waals surface area contributed by atoms with Crippen LogP contribution >= 0.6 is 12.4 Å². The van der Waals surface area contributed by atoms with Gasteiger partial charge in [0.1, 0.15) is 6.61 Å². The predicted octanol–water partition coefficient (Wildman–Crippen LogP) is -0.0489. The number of allylic oxidation sites excluding steroid dienone is 3. The van der Waals surface area contributed by atoms with E-state index in [4.69, 9.17) is 19.8 Å². The third kappa shape index (κ3) is 2.11. The Labute approximate surface area is 112 Å². The molecular weight excluding hydrogens is 256 g/mol. The Hall–Kier alpha value is -0.785. The highest BCUT2D eigenvalue weighted by molar-refractivity contribution is 6.57. The third-order valence-electron chi connectivity index (χ3n) is 3.21. The number of hydrogen-bond acceptors (Lipinski definition) is 5. The summed E-state index contributed by atoms with van der Waals surface area (Å²) < 4.78 is 16.7. The largest absolute Gasteiger partial charge is 0.497 e. The second kappa shape index (κ2) is 5.46. The average molecular weight is 272 g/mol. The third-order valence-corrected chi connectivity index (χ3v) is 3.21. The van der Waals surface area contributed by atoms with Crippen molar-refractivity contribution in [1.82, 2.24) is 0 Å². The molecular formula is C11H15BClNO4. The Bertz CT molecular complexity index is 423. The van der Waals surface area contributed by atoms with Crippen LogP contribution in [-0.4, -0.2) is 44.2 Å². The van der Waals surface area contributed by atoms with Crippen molar-refractivity contribution in [1.29, 1.82) is 0 Å². The van der Waals surface area contributed by atoms with E-state index in [2.05, 4.69) is 0 Å². The van der Waals surface area contributed by atoms with Crippen LogP contribution in [0, 0.1) is 0 Å². The minimum atomic E-state index is -0.429. The van der Waals surface area contributed by atoms with Crippen LogP contribution in [0.5, 0.6) is 0 Å². The quantitative estimate of drug-likeness (QED) is 0.689. The summed E-state index contributed by atoms with van der Waals surface area (Å²) in [5, 5.41) is 9.31. The maximum absolute atomic E-state index is 9.31. The maximum Gasteiger partial charge on any atom is 0.495 e. The zero-order valence-electron chi connectivity index (χ0n) is 9.74. The highest BCUT2D eigenvalue weighted by Crippen LogP contribution is 2.36. The Morgan fingerprint density at radius 3 is 3.00 bits per heavy atom. The molecule has 18 heavy (non-hydrogen) atoms. The molecule has 1 unspecified atom stereocenters. The first kappa shape index (κ1) is 13.6. The summed E-state index contributed by atoms with van der Waals surface area (Å²) in [6.07, 6.45) is 5.04. The van der Waals surface area contributed by atoms with Crippen LogP contribution in [0.25, 0.3) is 0 Å². The average Bonchev–Trinajstić information content (AvgIpc) is 2.57. The Balaban J connectivity index is 0.00000120. The Kier molecular flexibility index (Phi) is 4.14. The van der Waals surface area contributed by atoms with Crippen LogP contribution in [-0.2, 0) is 14.0 Å². The molecule has 3 heterocycles. The lowest BCUT2D eigenvalue weighted by Gasteiger charge is -2.24. The summed E-state index contributed by atoms with van der Waals surface area (Å²) in [5.74, 6) is 0. The summed E-state index contributed by atoms with van der Waals surface area (Å²) in [7, 11) is -0.429. The van der Waals surface area contributed by atoms with E-state index in [0.717, 1.165) is 16.6 Å². The molecule has 0 amide bonds. The van der Waals surface area contributed by atoms with E-state index in [1.165, 1.54) is 0 Å². The molecule has 0 aromatic rings. The number of ether oxygens (including phenoxy) is 1. The molecule has 0 saturated carbocycles. The number of nitrogens with two attached hydrogens (primary N) is 1. The molecule has 0 aromatic heterocycles. The van der Waals surface area contributed by atoms with Crippen LogP contribution < -0.4 is 5.73 Å². The van der Waals surface area contributed by atoms with E-state index >= 15 is 0 Å². The summed E-state index contributed by atoms with van der Waals surface area (Å²) in [4.78, 5) is 0. The van der Waals surface area contributed by atoms with Gasteiger partial charge in [-0.15, -0.1) is 12.4 Å². The first-order chi connectivity index (χ1) is 8.33. The molecule has 0 aromatic carbocycles. The standard InChI is InChI=1S/C11H14BNO4.ClH/c13-4-8-3-7-1-2-15-6-9-10(5-14)17-12(16-8)11(7)9;/h1-3,8,10,14H,4-6,13H2;1H/t8?,10-;/m1./s1. The van der Waals surface area contributed by atoms with Gasteiger partial charge >= 0.3 is 7.12 Å². The number of halogens is 1. The van der Waals surface area contributed by atoms with Gasteiger partial charge in [-0.2, -0.15) is 0 Å². The van der Waals surface area contributed by atoms with Gasteiger partial charge in [0.15, 0.2) is 0 Å². The Morgan fingerprint density at radius 1 is 1.44 bits per heavy atom. The van der Waals surface area contributed by atoms with Gasteiger partial charge in [0, 0.05) is 6.54 Å². The van der Waals surface area contributed by atoms with E-state index in [0.29, 0.717) is 13.2 Å². The van der Waals surface area contributed by atoms with Crippen LogP contribution in [0.4, 0.5) is 0 Å². The van der Waals surface area contributed by atoms with Crippen LogP contribution in [0.1, 0.15) is 0 Å². The molecule has 7 heteroatoms. The van der Waals surface area contributed by atoms with Gasteiger partial charge in [-0.25, -0.2) is 0 Å². The first-order valence-electron chi connectivity index (χ1n) is 5.68. The minimum Gasteiger partial charge on any atom is -0.497 e. The van der Waals surface area contributed by atoms with Crippen molar-refractivity contribution in [3.05, 3.63) is 35.0 Å². The second-order valence-corrected chi connectivity index (χ2v) is 4.22. The van der Waals surface area contributed by atoms with E-state index in [1.54, 1.807) is 6.26 Å². The van der Waals surface area contributed by atoms with Crippen LogP contribution in [0.2, 0.25) is 0 Å². The number of aliphatic hydroxyl groups is 1. The van der Waals surface area contributed by atoms with Crippen molar-refractivity contribution >= 4 is 19.5 Å². The summed E-state index contributed by atoms with van der Waals surface area (Å²) >= 11 is 0. The van der Waals surface area contributed by atoms with E-state index in [-0.39, 0.29) is 31.2 Å². The van der Waals surface area contributed by atoms with E-state index < -0.39 is 7.12 Å². The lowest BCUT2D eigenvalue weighted by molar-refractivity contribution is 0.100. The topological polar surface area (TPSA) is 73.9 Å². The fraction of sp³-hybridized carbons (Fsp3) is 0.455. The fourth-order valence-electron chi connectivity index (χ4n) is 2.39. The number of rotatable bonds is 2. The summed E-state index contributed by atoms with van der Waals surface area (Å²) in [5.41, 5.74) is 8.59. The van der Waals surface area contributed by atoms with Crippen molar-refractivity contribution in [2.45, 2.75) is 12.2 Å². The van der Waals surface area contributed by atoms with Crippen molar-refractivity contribution in [3.63, 3.8) is 0 Å². The SMILES string of the molecule is Cl.NCC1C=C2C=COCC3=C2B(O1)O[C@@H]3CO. The summed E-state index contributed by atoms with van der Waals surface area (Å²) in [6.45, 7) is 0.772. The van der Waals surface area contributed by atoms with E-state index in [9.17, 15) is 5.11 Å². The van der Waals surface area contributed by atoms with Gasteiger partial charge in [0.05, 0.1) is 25.1 Å². The normalized spacial score (nSPS) is 29.2. The van der Waals surface area contributed by atoms with Crippen molar-refractivity contribution < 1.29 is 19.2 Å². The molecule has 0 saturated heterocycles. The van der Waals surface area contributed by atoms with Crippen LogP contribution in [0.15, 0.2) is 35.0 Å². The second-order valence-electron chi connectivity index (χ2n) is 4.22. The van der Waals surface area contributed by atoms with Gasteiger partial charge in [0.25, 0.3) is 0 Å². The van der Waals surface area contributed by atoms with Crippen molar-refractivity contribution in [2.75, 3.05) is 19.8 Å². The number of hydrogen-bond donors (Lipinski definition) is 2. The number of aliphatic hydroxyl groups excluding tert-OH is 1. The zero-order valence-corrected chi connectivity index (χ0v) is 10.6. The molecule has 3 aliphatic rings. The lowest BCUT2D eigenvalue weighted by Crippen LogP contribution is -2.37. The smallest absolute Gasteiger partial charge is 0.495 e. The Morgan fingerprint density at radius 2 is 2.28 bits per heavy atom. The van der Waals surface area contributed by atoms with E-state index in [1.807, 2.05) is 12.2 Å². The monoisotopic (exact) mass is 271 g/mol. The lowest BCUT2D eigenvalue weighted by atomic mass is 9.70. The fourth-order valence-corrected chi connectivity index (χ4v) is 2.39. The molecule has 3 rings (SSSR count). The molecule has 0 aliphatic carbocycles. The molecule has 3 aliphatic heterocycles. The highest BCUT2D eigenvalue weighted by atomic mass is 35.5. The van der Waals surface area contributed by atoms with Gasteiger partial charge in [-0.05, 0) is 28.8 Å². The molecule has 0 radical (unpaired) electrons. The van der Waals surface area contributed by atoms with Crippen LogP contribution in [0.3, 0.4) is 0 Å². The molecule has 98 valence electrons. The highest BCUT2D eigenvalue weighted by Gasteiger charge is 2.44. The molecule has 0 spiro atoms. The van der Waals surface area contributed by atoms with Gasteiger partial charge < -0.3 is 24.9 Å². The molecule has 0 fully saturated rings. The summed E-state index contributed by atoms with van der Waals surface area (Å²) in [6, 6.07) is 0. The predicted molar refractivity (Wildman–Crippen MR) is 69.1 cm³/mol. The van der Waals surface area contributed by atoms with Crippen molar-refractivity contribution in [2.24, 2.45) is 5.73 Å². The van der Waals surface area contributed by atoms with Crippen molar-refractivity contribution in [3.8, 4) is 0 Å². The molecule has 3 N–H and O–H groups in total. The first-order valence-corrected chi connectivity index (χ1v) is 5.68. The minimum absolute atomic E-state index is 0. The maximum atomic E-state index is 9.31. The molecule has 5 nitrogen and oxygen atoms in total. The van der Waals surface area contributed by atoms with Gasteiger partial charge in [-0.1, -0.05) is 0 Å². The zero-order chi connectivity index (χ0) is 11.8. The molecule has 0 bridgehead atoms. The van der Waals surface area contributed by atoms with Gasteiger partial charge in [0.2, 0.25) is 0 Å². The molecule has 2 atom stereocenters.